The van der Waals surface area contributed by atoms with Gasteiger partial charge in [0.2, 0.25) is 5.92 Å². The molecule has 9 heavy (non-hydrogen) atoms. The lowest BCUT2D eigenvalue weighted by Gasteiger charge is -2.05. The molecule has 0 aliphatic heterocycles. The van der Waals surface area contributed by atoms with Gasteiger partial charge in [0, 0.05) is 5.92 Å². The van der Waals surface area contributed by atoms with E-state index in [9.17, 15) is 8.78 Å². The van der Waals surface area contributed by atoms with Gasteiger partial charge in [-0.25, -0.2) is 8.78 Å². The first kappa shape index (κ1) is 6.47. The van der Waals surface area contributed by atoms with E-state index in [-0.39, 0.29) is 5.92 Å². The van der Waals surface area contributed by atoms with Gasteiger partial charge in [-0.2, -0.15) is 5.26 Å². The van der Waals surface area contributed by atoms with Crippen LogP contribution in [-0.4, -0.2) is 5.92 Å². The molecule has 1 nitrogen and oxygen atoms in total. The molecule has 0 saturated heterocycles. The summed E-state index contributed by atoms with van der Waals surface area (Å²) in [6.07, 6.45) is 0.375. The van der Waals surface area contributed by atoms with Crippen molar-refractivity contribution in [2.24, 2.45) is 11.8 Å². The highest BCUT2D eigenvalue weighted by Gasteiger charge is 2.51. The Hall–Kier alpha value is -0.650. The fourth-order valence-corrected chi connectivity index (χ4v) is 0.898. The number of hydrogen-bond acceptors (Lipinski definition) is 1. The highest BCUT2D eigenvalue weighted by atomic mass is 19.3. The lowest BCUT2D eigenvalue weighted by molar-refractivity contribution is -0.00497. The summed E-state index contributed by atoms with van der Waals surface area (Å²) in [5.74, 6) is -3.69. The molecular formula is C6H7F2N. The van der Waals surface area contributed by atoms with Crippen LogP contribution in [0.15, 0.2) is 0 Å². The standard InChI is InChI=1S/C6H7F2N/c1-6(7,8)5-2-4(5)3-9/h4-5H,2H2,1H3/t4-,5?/m1/s1. The van der Waals surface area contributed by atoms with Crippen molar-refractivity contribution in [2.75, 3.05) is 0 Å². The molecule has 1 aliphatic carbocycles. The Balaban J connectivity index is 2.45. The monoisotopic (exact) mass is 131 g/mol. The summed E-state index contributed by atoms with van der Waals surface area (Å²) in [6.45, 7) is 0.870. The van der Waals surface area contributed by atoms with Crippen molar-refractivity contribution in [1.29, 1.82) is 5.26 Å². The molecule has 0 amide bonds. The van der Waals surface area contributed by atoms with Gasteiger partial charge in [0.25, 0.3) is 0 Å². The van der Waals surface area contributed by atoms with Crippen LogP contribution in [0.5, 0.6) is 0 Å². The quantitative estimate of drug-likeness (QED) is 0.532. The van der Waals surface area contributed by atoms with E-state index in [4.69, 9.17) is 5.26 Å². The molecule has 1 fully saturated rings. The molecule has 0 N–H and O–H groups in total. The molecule has 0 bridgehead atoms. The second kappa shape index (κ2) is 1.66. The maximum Gasteiger partial charge on any atom is 0.249 e. The third-order valence-corrected chi connectivity index (χ3v) is 1.61. The molecule has 0 heterocycles. The molecule has 0 radical (unpaired) electrons. The summed E-state index contributed by atoms with van der Waals surface area (Å²) >= 11 is 0. The largest absolute Gasteiger partial charge is 0.249 e. The maximum absolute atomic E-state index is 12.2. The summed E-state index contributed by atoms with van der Waals surface area (Å²) in [7, 11) is 0. The van der Waals surface area contributed by atoms with Gasteiger partial charge in [-0.3, -0.25) is 0 Å². The number of hydrogen-bond donors (Lipinski definition) is 0. The normalized spacial score (nSPS) is 33.6. The maximum atomic E-state index is 12.2. The molecule has 0 aromatic heterocycles. The van der Waals surface area contributed by atoms with Gasteiger partial charge in [-0.15, -0.1) is 0 Å². The lowest BCUT2D eigenvalue weighted by Crippen LogP contribution is -2.13. The number of rotatable bonds is 1. The molecular weight excluding hydrogens is 124 g/mol. The molecule has 2 atom stereocenters. The predicted molar refractivity (Wildman–Crippen MR) is 27.8 cm³/mol. The van der Waals surface area contributed by atoms with E-state index in [0.717, 1.165) is 6.92 Å². The van der Waals surface area contributed by atoms with Crippen LogP contribution in [0.3, 0.4) is 0 Å². The van der Waals surface area contributed by atoms with Crippen molar-refractivity contribution in [3.63, 3.8) is 0 Å². The zero-order valence-electron chi connectivity index (χ0n) is 5.06. The Morgan fingerprint density at radius 1 is 1.67 bits per heavy atom. The third-order valence-electron chi connectivity index (χ3n) is 1.61. The average Bonchev–Trinajstić information content (AvgIpc) is 2.39. The Morgan fingerprint density at radius 3 is 2.33 bits per heavy atom. The first-order valence-corrected chi connectivity index (χ1v) is 2.83. The zero-order chi connectivity index (χ0) is 7.07. The molecule has 1 unspecified atom stereocenters. The topological polar surface area (TPSA) is 23.8 Å². The van der Waals surface area contributed by atoms with E-state index in [1.54, 1.807) is 0 Å². The second-order valence-electron chi connectivity index (χ2n) is 2.53. The van der Waals surface area contributed by atoms with E-state index in [1.165, 1.54) is 0 Å². The van der Waals surface area contributed by atoms with Crippen LogP contribution in [0, 0.1) is 23.2 Å². The average molecular weight is 131 g/mol. The Morgan fingerprint density at radius 2 is 2.22 bits per heavy atom. The van der Waals surface area contributed by atoms with Gasteiger partial charge in [0.15, 0.2) is 0 Å². The number of nitriles is 1. The van der Waals surface area contributed by atoms with Gasteiger partial charge in [0.1, 0.15) is 0 Å². The fourth-order valence-electron chi connectivity index (χ4n) is 0.898. The van der Waals surface area contributed by atoms with Crippen molar-refractivity contribution in [2.45, 2.75) is 19.3 Å². The minimum Gasteiger partial charge on any atom is -0.207 e. The number of alkyl halides is 2. The van der Waals surface area contributed by atoms with Crippen LogP contribution in [0.1, 0.15) is 13.3 Å². The number of nitrogens with zero attached hydrogens (tertiary/aromatic N) is 1. The van der Waals surface area contributed by atoms with Crippen molar-refractivity contribution in [1.82, 2.24) is 0 Å². The minimum absolute atomic E-state index is 0.375. The molecule has 1 aliphatic rings. The third kappa shape index (κ3) is 1.18. The molecule has 0 spiro atoms. The summed E-state index contributed by atoms with van der Waals surface area (Å²) in [5, 5.41) is 8.16. The van der Waals surface area contributed by atoms with Crippen molar-refractivity contribution in [3.05, 3.63) is 0 Å². The van der Waals surface area contributed by atoms with E-state index < -0.39 is 11.8 Å². The van der Waals surface area contributed by atoms with E-state index >= 15 is 0 Å². The smallest absolute Gasteiger partial charge is 0.207 e. The Labute approximate surface area is 52.3 Å². The predicted octanol–water partition coefficient (Wildman–Crippen LogP) is 1.80. The summed E-state index contributed by atoms with van der Waals surface area (Å²) in [4.78, 5) is 0. The van der Waals surface area contributed by atoms with Crippen molar-refractivity contribution >= 4 is 0 Å². The molecule has 3 heteroatoms. The molecule has 0 aromatic rings. The van der Waals surface area contributed by atoms with Crippen LogP contribution < -0.4 is 0 Å². The SMILES string of the molecule is CC(F)(F)C1C[C@@H]1C#N. The van der Waals surface area contributed by atoms with Crippen LogP contribution in [0.2, 0.25) is 0 Å². The minimum atomic E-state index is -2.64. The first-order chi connectivity index (χ1) is 4.05. The zero-order valence-corrected chi connectivity index (χ0v) is 5.06. The van der Waals surface area contributed by atoms with Gasteiger partial charge in [-0.05, 0) is 13.3 Å². The van der Waals surface area contributed by atoms with Crippen molar-refractivity contribution < 1.29 is 8.78 Å². The number of halogens is 2. The van der Waals surface area contributed by atoms with Crippen LogP contribution in [0.4, 0.5) is 8.78 Å². The van der Waals surface area contributed by atoms with E-state index in [2.05, 4.69) is 0 Å². The highest BCUT2D eigenvalue weighted by Crippen LogP contribution is 2.48. The summed E-state index contributed by atoms with van der Waals surface area (Å²) < 4.78 is 24.4. The molecule has 1 rings (SSSR count). The summed E-state index contributed by atoms with van der Waals surface area (Å²) in [6, 6.07) is 1.82. The first-order valence-electron chi connectivity index (χ1n) is 2.83. The molecule has 50 valence electrons. The Kier molecular flexibility index (Phi) is 1.20. The van der Waals surface area contributed by atoms with Gasteiger partial charge < -0.3 is 0 Å². The molecule has 1 saturated carbocycles. The van der Waals surface area contributed by atoms with Gasteiger partial charge in [-0.1, -0.05) is 0 Å². The fraction of sp³-hybridized carbons (Fsp3) is 0.833. The van der Waals surface area contributed by atoms with E-state index in [0.29, 0.717) is 6.42 Å². The molecule has 0 aromatic carbocycles. The van der Waals surface area contributed by atoms with Crippen molar-refractivity contribution in [3.8, 4) is 6.07 Å². The summed E-state index contributed by atoms with van der Waals surface area (Å²) in [5.41, 5.74) is 0. The van der Waals surface area contributed by atoms with Crippen LogP contribution in [-0.2, 0) is 0 Å². The van der Waals surface area contributed by atoms with Crippen LogP contribution in [0.25, 0.3) is 0 Å². The lowest BCUT2D eigenvalue weighted by atomic mass is 10.2. The second-order valence-corrected chi connectivity index (χ2v) is 2.53. The van der Waals surface area contributed by atoms with Gasteiger partial charge >= 0.3 is 0 Å². The van der Waals surface area contributed by atoms with Crippen LogP contribution >= 0.6 is 0 Å². The highest BCUT2D eigenvalue weighted by molar-refractivity contribution is 5.05. The van der Waals surface area contributed by atoms with E-state index in [1.807, 2.05) is 6.07 Å². The van der Waals surface area contributed by atoms with Gasteiger partial charge in [0.05, 0.1) is 12.0 Å². The Bertz CT molecular complexity index is 153.